The second-order valence-corrected chi connectivity index (χ2v) is 6.43. The van der Waals surface area contributed by atoms with Gasteiger partial charge in [0, 0.05) is 35.1 Å². The maximum Gasteiger partial charge on any atom is 0.124 e. The fourth-order valence-corrected chi connectivity index (χ4v) is 3.65. The maximum absolute atomic E-state index is 9.43. The molecule has 3 rings (SSSR count). The topological polar surface area (TPSA) is 41.5 Å². The molecule has 3 unspecified atom stereocenters. The van der Waals surface area contributed by atoms with E-state index in [1.54, 1.807) is 0 Å². The third-order valence-electron chi connectivity index (χ3n) is 4.32. The standard InChI is InChI=1S/C15H20BrNO2/c16-11-4-5-15-12(8-11)14(6-7-19-15)17-13-3-1-2-10(13)9-18/h4-5,8,10,13-14,17-18H,1-3,6-7,9H2. The summed E-state index contributed by atoms with van der Waals surface area (Å²) in [5.41, 5.74) is 1.24. The minimum absolute atomic E-state index is 0.298. The van der Waals surface area contributed by atoms with E-state index in [1.807, 2.05) is 12.1 Å². The normalized spacial score (nSPS) is 29.9. The molecule has 1 heterocycles. The third-order valence-corrected chi connectivity index (χ3v) is 4.81. The van der Waals surface area contributed by atoms with E-state index in [0.717, 1.165) is 29.7 Å². The van der Waals surface area contributed by atoms with Gasteiger partial charge in [-0.25, -0.2) is 0 Å². The highest BCUT2D eigenvalue weighted by Crippen LogP contribution is 2.36. The number of aliphatic hydroxyl groups excluding tert-OH is 1. The highest BCUT2D eigenvalue weighted by Gasteiger charge is 2.31. The average Bonchev–Trinajstić information content (AvgIpc) is 2.87. The lowest BCUT2D eigenvalue weighted by Crippen LogP contribution is -2.38. The molecule has 1 saturated carbocycles. The number of benzene rings is 1. The molecule has 1 fully saturated rings. The van der Waals surface area contributed by atoms with Crippen molar-refractivity contribution in [2.24, 2.45) is 5.92 Å². The number of fused-ring (bicyclic) bond motifs is 1. The highest BCUT2D eigenvalue weighted by atomic mass is 79.9. The van der Waals surface area contributed by atoms with E-state index in [2.05, 4.69) is 27.3 Å². The van der Waals surface area contributed by atoms with Gasteiger partial charge in [0.2, 0.25) is 0 Å². The molecule has 3 nitrogen and oxygen atoms in total. The summed E-state index contributed by atoms with van der Waals surface area (Å²) in [5.74, 6) is 1.41. The summed E-state index contributed by atoms with van der Waals surface area (Å²) in [6.45, 7) is 1.06. The van der Waals surface area contributed by atoms with Gasteiger partial charge in [0.05, 0.1) is 6.61 Å². The molecule has 0 radical (unpaired) electrons. The van der Waals surface area contributed by atoms with Crippen molar-refractivity contribution in [3.05, 3.63) is 28.2 Å². The third kappa shape index (κ3) is 2.81. The summed E-state index contributed by atoms with van der Waals surface area (Å²) in [6, 6.07) is 6.99. The van der Waals surface area contributed by atoms with Crippen molar-refractivity contribution in [2.45, 2.75) is 37.8 Å². The molecule has 0 spiro atoms. The van der Waals surface area contributed by atoms with E-state index < -0.39 is 0 Å². The quantitative estimate of drug-likeness (QED) is 0.897. The number of ether oxygens (including phenoxy) is 1. The Morgan fingerprint density at radius 3 is 3.05 bits per heavy atom. The smallest absolute Gasteiger partial charge is 0.124 e. The summed E-state index contributed by atoms with van der Waals surface area (Å²) in [7, 11) is 0. The van der Waals surface area contributed by atoms with Crippen LogP contribution in [-0.4, -0.2) is 24.4 Å². The van der Waals surface area contributed by atoms with E-state index >= 15 is 0 Å². The number of aliphatic hydroxyl groups is 1. The molecule has 1 aliphatic carbocycles. The summed E-state index contributed by atoms with van der Waals surface area (Å²) in [4.78, 5) is 0. The Bertz CT molecular complexity index is 452. The predicted octanol–water partition coefficient (Wildman–Crippen LogP) is 3.02. The molecule has 0 saturated heterocycles. The van der Waals surface area contributed by atoms with Crippen molar-refractivity contribution in [1.82, 2.24) is 5.32 Å². The van der Waals surface area contributed by atoms with Gasteiger partial charge in [-0.15, -0.1) is 0 Å². The van der Waals surface area contributed by atoms with Crippen molar-refractivity contribution in [3.8, 4) is 5.75 Å². The predicted molar refractivity (Wildman–Crippen MR) is 78.3 cm³/mol. The number of hydrogen-bond donors (Lipinski definition) is 2. The Labute approximate surface area is 122 Å². The Balaban J connectivity index is 1.78. The Kier molecular flexibility index (Phi) is 4.10. The van der Waals surface area contributed by atoms with Crippen LogP contribution >= 0.6 is 15.9 Å². The minimum Gasteiger partial charge on any atom is -0.493 e. The number of hydrogen-bond acceptors (Lipinski definition) is 3. The molecule has 2 aliphatic rings. The van der Waals surface area contributed by atoms with Gasteiger partial charge >= 0.3 is 0 Å². The molecule has 1 aromatic carbocycles. The zero-order chi connectivity index (χ0) is 13.2. The summed E-state index contributed by atoms with van der Waals surface area (Å²) >= 11 is 3.53. The molecule has 0 amide bonds. The highest BCUT2D eigenvalue weighted by molar-refractivity contribution is 9.10. The van der Waals surface area contributed by atoms with Gasteiger partial charge in [-0.05, 0) is 37.0 Å². The van der Waals surface area contributed by atoms with Crippen molar-refractivity contribution in [1.29, 1.82) is 0 Å². The maximum atomic E-state index is 9.43. The lowest BCUT2D eigenvalue weighted by Gasteiger charge is -2.31. The number of rotatable bonds is 3. The van der Waals surface area contributed by atoms with E-state index in [-0.39, 0.29) is 0 Å². The molecule has 0 bridgehead atoms. The molecule has 3 atom stereocenters. The van der Waals surface area contributed by atoms with E-state index in [9.17, 15) is 5.11 Å². The fraction of sp³-hybridized carbons (Fsp3) is 0.600. The van der Waals surface area contributed by atoms with Crippen LogP contribution in [0.4, 0.5) is 0 Å². The first kappa shape index (κ1) is 13.4. The lowest BCUT2D eigenvalue weighted by atomic mass is 9.97. The zero-order valence-electron chi connectivity index (χ0n) is 10.9. The Morgan fingerprint density at radius 2 is 2.21 bits per heavy atom. The van der Waals surface area contributed by atoms with Crippen LogP contribution in [0.2, 0.25) is 0 Å². The molecule has 4 heteroatoms. The van der Waals surface area contributed by atoms with Crippen LogP contribution in [0.15, 0.2) is 22.7 Å². The largest absolute Gasteiger partial charge is 0.493 e. The van der Waals surface area contributed by atoms with Crippen molar-refractivity contribution < 1.29 is 9.84 Å². The van der Waals surface area contributed by atoms with Crippen molar-refractivity contribution in [3.63, 3.8) is 0 Å². The van der Waals surface area contributed by atoms with Gasteiger partial charge in [0.1, 0.15) is 5.75 Å². The summed E-state index contributed by atoms with van der Waals surface area (Å²) in [6.07, 6.45) is 4.53. The first-order valence-corrected chi connectivity index (χ1v) is 7.86. The van der Waals surface area contributed by atoms with E-state index in [1.165, 1.54) is 18.4 Å². The molecule has 1 aliphatic heterocycles. The van der Waals surface area contributed by atoms with Crippen LogP contribution in [-0.2, 0) is 0 Å². The number of nitrogens with one attached hydrogen (secondary N) is 1. The molecule has 2 N–H and O–H groups in total. The SMILES string of the molecule is OCC1CCCC1NC1CCOc2ccc(Br)cc21. The minimum atomic E-state index is 0.298. The van der Waals surface area contributed by atoms with Crippen LogP contribution < -0.4 is 10.1 Å². The number of halogens is 1. The lowest BCUT2D eigenvalue weighted by molar-refractivity contribution is 0.186. The van der Waals surface area contributed by atoms with Crippen molar-refractivity contribution >= 4 is 15.9 Å². The van der Waals surface area contributed by atoms with Gasteiger partial charge in [0.15, 0.2) is 0 Å². The van der Waals surface area contributed by atoms with Gasteiger partial charge in [0.25, 0.3) is 0 Å². The Hall–Kier alpha value is -0.580. The van der Waals surface area contributed by atoms with Crippen LogP contribution in [0.5, 0.6) is 5.75 Å². The summed E-state index contributed by atoms with van der Waals surface area (Å²) in [5, 5.41) is 13.2. The first-order valence-electron chi connectivity index (χ1n) is 7.07. The zero-order valence-corrected chi connectivity index (χ0v) is 12.5. The fourth-order valence-electron chi connectivity index (χ4n) is 3.27. The second-order valence-electron chi connectivity index (χ2n) is 5.52. The molecule has 0 aromatic heterocycles. The second kappa shape index (κ2) is 5.81. The molecular weight excluding hydrogens is 306 g/mol. The molecule has 104 valence electrons. The van der Waals surface area contributed by atoms with Gasteiger partial charge < -0.3 is 15.2 Å². The van der Waals surface area contributed by atoms with Crippen LogP contribution in [0.25, 0.3) is 0 Å². The monoisotopic (exact) mass is 325 g/mol. The molecule has 1 aromatic rings. The van der Waals surface area contributed by atoms with Gasteiger partial charge in [-0.3, -0.25) is 0 Å². The van der Waals surface area contributed by atoms with E-state index in [0.29, 0.717) is 24.6 Å². The van der Waals surface area contributed by atoms with Gasteiger partial charge in [-0.1, -0.05) is 22.4 Å². The Morgan fingerprint density at radius 1 is 1.32 bits per heavy atom. The van der Waals surface area contributed by atoms with Crippen molar-refractivity contribution in [2.75, 3.05) is 13.2 Å². The van der Waals surface area contributed by atoms with Gasteiger partial charge in [-0.2, -0.15) is 0 Å². The van der Waals surface area contributed by atoms with E-state index in [4.69, 9.17) is 4.74 Å². The first-order chi connectivity index (χ1) is 9.28. The van der Waals surface area contributed by atoms with Crippen LogP contribution in [0, 0.1) is 5.92 Å². The summed E-state index contributed by atoms with van der Waals surface area (Å²) < 4.78 is 6.81. The molecule has 19 heavy (non-hydrogen) atoms. The molecular formula is C15H20BrNO2. The average molecular weight is 326 g/mol. The van der Waals surface area contributed by atoms with Crippen LogP contribution in [0.3, 0.4) is 0 Å². The van der Waals surface area contributed by atoms with Crippen LogP contribution in [0.1, 0.15) is 37.3 Å².